The van der Waals surface area contributed by atoms with Crippen molar-refractivity contribution in [3.63, 3.8) is 0 Å². The molecule has 0 saturated carbocycles. The monoisotopic (exact) mass is 460 g/mol. The van der Waals surface area contributed by atoms with Crippen molar-refractivity contribution in [2.45, 2.75) is 26.2 Å². The summed E-state index contributed by atoms with van der Waals surface area (Å²) in [7, 11) is 1.50. The van der Waals surface area contributed by atoms with Crippen LogP contribution in [0.5, 0.6) is 0 Å². The van der Waals surface area contributed by atoms with Crippen LogP contribution in [-0.2, 0) is 22.4 Å². The third-order valence-electron chi connectivity index (χ3n) is 5.77. The Bertz CT molecular complexity index is 1330. The minimum atomic E-state index is -0.212. The normalized spacial score (nSPS) is 12.7. The van der Waals surface area contributed by atoms with Gasteiger partial charge in [0.2, 0.25) is 0 Å². The average Bonchev–Trinajstić information content (AvgIpc) is 3.34. The topological polar surface area (TPSA) is 108 Å². The first-order chi connectivity index (χ1) is 16.0. The van der Waals surface area contributed by atoms with Gasteiger partial charge in [-0.3, -0.25) is 10.1 Å². The molecule has 3 aromatic heterocycles. The molecule has 4 aromatic rings. The molecule has 9 heteroatoms. The highest BCUT2D eigenvalue weighted by atomic mass is 32.1. The third kappa shape index (κ3) is 4.01. The number of rotatable bonds is 5. The van der Waals surface area contributed by atoms with Crippen LogP contribution in [0, 0.1) is 6.92 Å². The van der Waals surface area contributed by atoms with Crippen molar-refractivity contribution in [1.29, 1.82) is 0 Å². The fraction of sp³-hybridized carbons (Fsp3) is 0.250. The van der Waals surface area contributed by atoms with Crippen molar-refractivity contribution in [3.8, 4) is 27.4 Å². The average molecular weight is 461 g/mol. The number of methoxy groups -OCH3 is 1. The number of nitrogen functional groups attached to an aromatic ring is 1. The van der Waals surface area contributed by atoms with Gasteiger partial charge in [0, 0.05) is 18.9 Å². The van der Waals surface area contributed by atoms with E-state index >= 15 is 0 Å². The SMILES string of the molecule is COCC(=O)Nc1nc2c(s1)-c1c(cnn1-c1cccc(-c3ccc(N)nc3)c1C)CCC2. The summed E-state index contributed by atoms with van der Waals surface area (Å²) in [6, 6.07) is 9.97. The highest BCUT2D eigenvalue weighted by molar-refractivity contribution is 7.19. The first kappa shape index (κ1) is 21.3. The van der Waals surface area contributed by atoms with E-state index in [1.54, 1.807) is 6.20 Å². The summed E-state index contributed by atoms with van der Waals surface area (Å²) in [5, 5.41) is 8.20. The number of nitrogens with zero attached hydrogens (tertiary/aromatic N) is 4. The maximum Gasteiger partial charge on any atom is 0.252 e. The van der Waals surface area contributed by atoms with Crippen molar-refractivity contribution in [1.82, 2.24) is 19.7 Å². The van der Waals surface area contributed by atoms with Crippen LogP contribution in [0.2, 0.25) is 0 Å². The molecule has 168 valence electrons. The Balaban J connectivity index is 1.60. The largest absolute Gasteiger partial charge is 0.384 e. The summed E-state index contributed by atoms with van der Waals surface area (Å²) in [5.74, 6) is 0.284. The molecular weight excluding hydrogens is 436 g/mol. The second-order valence-corrected chi connectivity index (χ2v) is 8.98. The van der Waals surface area contributed by atoms with Gasteiger partial charge in [-0.1, -0.05) is 23.5 Å². The Kier molecular flexibility index (Phi) is 5.65. The van der Waals surface area contributed by atoms with E-state index < -0.39 is 0 Å². The molecule has 0 bridgehead atoms. The van der Waals surface area contributed by atoms with Crippen LogP contribution in [0.15, 0.2) is 42.7 Å². The number of aromatic nitrogens is 4. The van der Waals surface area contributed by atoms with Crippen molar-refractivity contribution in [2.24, 2.45) is 0 Å². The lowest BCUT2D eigenvalue weighted by atomic mass is 10.0. The fourth-order valence-electron chi connectivity index (χ4n) is 4.21. The van der Waals surface area contributed by atoms with E-state index in [4.69, 9.17) is 20.6 Å². The van der Waals surface area contributed by atoms with E-state index in [1.807, 2.05) is 29.1 Å². The van der Waals surface area contributed by atoms with Gasteiger partial charge in [-0.2, -0.15) is 5.10 Å². The molecule has 0 aliphatic heterocycles. The van der Waals surface area contributed by atoms with Crippen LogP contribution in [0.1, 0.15) is 23.2 Å². The number of thiazole rings is 1. The molecule has 0 atom stereocenters. The molecule has 1 amide bonds. The van der Waals surface area contributed by atoms with Gasteiger partial charge in [0.25, 0.3) is 5.91 Å². The van der Waals surface area contributed by atoms with E-state index in [-0.39, 0.29) is 12.5 Å². The Hall–Kier alpha value is -3.56. The van der Waals surface area contributed by atoms with Crippen LogP contribution in [-0.4, -0.2) is 39.4 Å². The number of nitrogens with two attached hydrogens (primary N) is 1. The van der Waals surface area contributed by atoms with Crippen molar-refractivity contribution >= 4 is 28.2 Å². The number of hydrogen-bond acceptors (Lipinski definition) is 7. The summed E-state index contributed by atoms with van der Waals surface area (Å²) < 4.78 is 6.93. The van der Waals surface area contributed by atoms with Crippen LogP contribution in [0.3, 0.4) is 0 Å². The maximum absolute atomic E-state index is 12.0. The highest BCUT2D eigenvalue weighted by Crippen LogP contribution is 2.40. The third-order valence-corrected chi connectivity index (χ3v) is 6.79. The lowest BCUT2D eigenvalue weighted by Gasteiger charge is -2.14. The fourth-order valence-corrected chi connectivity index (χ4v) is 5.31. The summed E-state index contributed by atoms with van der Waals surface area (Å²) in [6.07, 6.45) is 6.52. The molecule has 0 fully saturated rings. The van der Waals surface area contributed by atoms with Gasteiger partial charge in [-0.15, -0.1) is 0 Å². The molecule has 3 N–H and O–H groups in total. The molecule has 1 aliphatic carbocycles. The van der Waals surface area contributed by atoms with Crippen molar-refractivity contribution in [3.05, 3.63) is 59.5 Å². The zero-order valence-electron chi connectivity index (χ0n) is 18.5. The summed E-state index contributed by atoms with van der Waals surface area (Å²) >= 11 is 1.48. The Labute approximate surface area is 195 Å². The molecule has 0 saturated heterocycles. The van der Waals surface area contributed by atoms with Crippen LogP contribution in [0.25, 0.3) is 27.4 Å². The zero-order valence-corrected chi connectivity index (χ0v) is 19.3. The van der Waals surface area contributed by atoms with E-state index in [0.29, 0.717) is 10.9 Å². The Morgan fingerprint density at radius 2 is 2.12 bits per heavy atom. The number of carbonyl (C=O) groups excluding carboxylic acids is 1. The maximum atomic E-state index is 12.0. The molecule has 0 unspecified atom stereocenters. The zero-order chi connectivity index (χ0) is 22.9. The number of fused-ring (bicyclic) bond motifs is 3. The van der Waals surface area contributed by atoms with Crippen molar-refractivity contribution in [2.75, 3.05) is 24.8 Å². The van der Waals surface area contributed by atoms with Gasteiger partial charge < -0.3 is 10.5 Å². The van der Waals surface area contributed by atoms with E-state index in [0.717, 1.165) is 57.9 Å². The van der Waals surface area contributed by atoms with Crippen LogP contribution >= 0.6 is 11.3 Å². The molecule has 0 spiro atoms. The quantitative estimate of drug-likeness (QED) is 0.466. The lowest BCUT2D eigenvalue weighted by molar-refractivity contribution is -0.119. The molecule has 3 heterocycles. The number of ether oxygens (including phenoxy) is 1. The molecule has 33 heavy (non-hydrogen) atoms. The standard InChI is InChI=1S/C24H24N6O2S/c1-14-17(15-9-10-20(25)26-11-15)6-4-8-19(14)30-22-16(12-27-30)5-3-7-18-23(22)33-24(28-18)29-21(31)13-32-2/h4,6,8-12H,3,5,7,13H2,1-2H3,(H2,25,26)(H,28,29,31). The molecular formula is C24H24N6O2S. The van der Waals surface area contributed by atoms with E-state index in [9.17, 15) is 4.79 Å². The smallest absolute Gasteiger partial charge is 0.252 e. The lowest BCUT2D eigenvalue weighted by Crippen LogP contribution is -2.16. The summed E-state index contributed by atoms with van der Waals surface area (Å²) in [6.45, 7) is 2.09. The number of benzene rings is 1. The molecule has 1 aliphatic rings. The summed E-state index contributed by atoms with van der Waals surface area (Å²) in [4.78, 5) is 22.0. The minimum absolute atomic E-state index is 0.000586. The van der Waals surface area contributed by atoms with E-state index in [1.165, 1.54) is 24.0 Å². The van der Waals surface area contributed by atoms with Gasteiger partial charge >= 0.3 is 0 Å². The van der Waals surface area contributed by atoms with Gasteiger partial charge in [-0.05, 0) is 61.1 Å². The molecule has 5 rings (SSSR count). The Morgan fingerprint density at radius 1 is 1.24 bits per heavy atom. The van der Waals surface area contributed by atoms with Gasteiger partial charge in [0.05, 0.1) is 28.1 Å². The predicted molar refractivity (Wildman–Crippen MR) is 130 cm³/mol. The van der Waals surface area contributed by atoms with Gasteiger partial charge in [0.1, 0.15) is 12.4 Å². The minimum Gasteiger partial charge on any atom is -0.384 e. The molecule has 8 nitrogen and oxygen atoms in total. The molecule has 1 aromatic carbocycles. The number of amides is 1. The van der Waals surface area contributed by atoms with Crippen LogP contribution in [0.4, 0.5) is 10.9 Å². The summed E-state index contributed by atoms with van der Waals surface area (Å²) in [5.41, 5.74) is 13.2. The first-order valence-electron chi connectivity index (χ1n) is 10.7. The number of nitrogens with one attached hydrogen (secondary N) is 1. The second-order valence-electron chi connectivity index (χ2n) is 7.98. The number of carbonyl (C=O) groups is 1. The van der Waals surface area contributed by atoms with Gasteiger partial charge in [0.15, 0.2) is 5.13 Å². The van der Waals surface area contributed by atoms with E-state index in [2.05, 4.69) is 29.4 Å². The number of pyridine rings is 1. The van der Waals surface area contributed by atoms with Crippen molar-refractivity contribution < 1.29 is 9.53 Å². The Morgan fingerprint density at radius 3 is 2.91 bits per heavy atom. The predicted octanol–water partition coefficient (Wildman–Crippen LogP) is 4.02. The highest BCUT2D eigenvalue weighted by Gasteiger charge is 2.25. The van der Waals surface area contributed by atoms with Crippen LogP contribution < -0.4 is 11.1 Å². The molecule has 0 radical (unpaired) electrons. The number of hydrogen-bond donors (Lipinski definition) is 2. The second kappa shape index (κ2) is 8.76. The number of aryl methyl sites for hydroxylation is 2. The van der Waals surface area contributed by atoms with Gasteiger partial charge in [-0.25, -0.2) is 14.6 Å². The number of anilines is 2. The first-order valence-corrected chi connectivity index (χ1v) is 11.5.